The first-order chi connectivity index (χ1) is 9.68. The number of aromatic nitrogens is 2. The van der Waals surface area contributed by atoms with Crippen molar-refractivity contribution in [2.75, 3.05) is 0 Å². The van der Waals surface area contributed by atoms with Gasteiger partial charge in [-0.05, 0) is 5.56 Å². The normalized spacial score (nSPS) is 14.0. The zero-order valence-electron chi connectivity index (χ0n) is 10.2. The van der Waals surface area contributed by atoms with Crippen LogP contribution in [0.15, 0.2) is 24.3 Å². The van der Waals surface area contributed by atoms with E-state index in [1.807, 2.05) is 0 Å². The first kappa shape index (κ1) is 13.8. The van der Waals surface area contributed by atoms with E-state index in [1.54, 1.807) is 12.1 Å². The quantitative estimate of drug-likeness (QED) is 0.585. The minimum absolute atomic E-state index is 0.127. The van der Waals surface area contributed by atoms with Gasteiger partial charge in [0.2, 0.25) is 5.82 Å². The van der Waals surface area contributed by atoms with Gasteiger partial charge in [-0.2, -0.15) is 26.3 Å². The molecule has 0 spiro atoms. The number of nitrogens with zero attached hydrogens (tertiary/aromatic N) is 2. The third-order valence-electron chi connectivity index (χ3n) is 3.17. The monoisotopic (exact) mass is 304 g/mol. The van der Waals surface area contributed by atoms with Gasteiger partial charge in [-0.25, -0.2) is 9.97 Å². The molecule has 2 aromatic rings. The smallest absolute Gasteiger partial charge is 0.224 e. The van der Waals surface area contributed by atoms with Crippen LogP contribution in [0.1, 0.15) is 22.6 Å². The van der Waals surface area contributed by atoms with E-state index in [0.717, 1.165) is 0 Å². The zero-order chi connectivity index (χ0) is 15.4. The van der Waals surface area contributed by atoms with Gasteiger partial charge in [0.15, 0.2) is 5.69 Å². The van der Waals surface area contributed by atoms with Crippen LogP contribution in [0.5, 0.6) is 0 Å². The summed E-state index contributed by atoms with van der Waals surface area (Å²) in [6, 6.07) is 6.16. The largest absolute Gasteiger partial charge is 0.451 e. The van der Waals surface area contributed by atoms with Gasteiger partial charge >= 0.3 is 12.4 Å². The summed E-state index contributed by atoms with van der Waals surface area (Å²) in [7, 11) is 0. The topological polar surface area (TPSA) is 25.8 Å². The zero-order valence-corrected chi connectivity index (χ0v) is 10.2. The highest BCUT2D eigenvalue weighted by atomic mass is 19.4. The number of rotatable bonds is 0. The predicted molar refractivity (Wildman–Crippen MR) is 60.3 cm³/mol. The summed E-state index contributed by atoms with van der Waals surface area (Å²) in [5, 5.41) is 0. The van der Waals surface area contributed by atoms with E-state index < -0.39 is 23.9 Å². The molecule has 110 valence electrons. The second-order valence-corrected chi connectivity index (χ2v) is 4.55. The third-order valence-corrected chi connectivity index (χ3v) is 3.17. The molecule has 0 saturated carbocycles. The molecule has 0 fully saturated rings. The lowest BCUT2D eigenvalue weighted by atomic mass is 10.1. The lowest BCUT2D eigenvalue weighted by Crippen LogP contribution is -2.19. The molecule has 21 heavy (non-hydrogen) atoms. The molecule has 0 N–H and O–H groups in total. The van der Waals surface area contributed by atoms with Crippen molar-refractivity contribution in [3.8, 4) is 11.3 Å². The van der Waals surface area contributed by atoms with E-state index in [2.05, 4.69) is 9.97 Å². The highest BCUT2D eigenvalue weighted by Crippen LogP contribution is 2.43. The molecule has 3 rings (SSSR count). The summed E-state index contributed by atoms with van der Waals surface area (Å²) in [6.45, 7) is 0. The van der Waals surface area contributed by atoms with E-state index >= 15 is 0 Å². The Balaban J connectivity index is 2.31. The standard InChI is InChI=1S/C13H6F6N2/c14-12(15,16)10-8-5-6-3-1-2-4-7(6)9(8)20-11(21-10)13(17,18)19/h1-4H,5H2. The van der Waals surface area contributed by atoms with Crippen LogP contribution in [0.3, 0.4) is 0 Å². The van der Waals surface area contributed by atoms with E-state index in [1.165, 1.54) is 12.1 Å². The Morgan fingerprint density at radius 3 is 2.14 bits per heavy atom. The first-order valence-corrected chi connectivity index (χ1v) is 5.81. The van der Waals surface area contributed by atoms with Crippen LogP contribution in [0.2, 0.25) is 0 Å². The van der Waals surface area contributed by atoms with Gasteiger partial charge in [0, 0.05) is 17.5 Å². The molecule has 0 amide bonds. The van der Waals surface area contributed by atoms with Crippen molar-refractivity contribution < 1.29 is 26.3 Å². The van der Waals surface area contributed by atoms with E-state index in [4.69, 9.17) is 0 Å². The Morgan fingerprint density at radius 2 is 1.52 bits per heavy atom. The first-order valence-electron chi connectivity index (χ1n) is 5.81. The molecule has 0 saturated heterocycles. The average Bonchev–Trinajstić information content (AvgIpc) is 2.73. The maximum atomic E-state index is 13.0. The van der Waals surface area contributed by atoms with E-state index in [9.17, 15) is 26.3 Å². The molecular weight excluding hydrogens is 298 g/mol. The van der Waals surface area contributed by atoms with Crippen molar-refractivity contribution in [3.63, 3.8) is 0 Å². The van der Waals surface area contributed by atoms with Crippen molar-refractivity contribution in [2.45, 2.75) is 18.8 Å². The van der Waals surface area contributed by atoms with Crippen molar-refractivity contribution in [3.05, 3.63) is 46.9 Å². The van der Waals surface area contributed by atoms with Crippen molar-refractivity contribution in [2.24, 2.45) is 0 Å². The molecule has 0 atom stereocenters. The summed E-state index contributed by atoms with van der Waals surface area (Å²) >= 11 is 0. The van der Waals surface area contributed by atoms with E-state index in [-0.39, 0.29) is 23.2 Å². The molecule has 2 nitrogen and oxygen atoms in total. The molecular formula is C13H6F6N2. The van der Waals surface area contributed by atoms with Crippen LogP contribution in [0.25, 0.3) is 11.3 Å². The fourth-order valence-electron chi connectivity index (χ4n) is 2.33. The summed E-state index contributed by atoms with van der Waals surface area (Å²) < 4.78 is 77.1. The minimum atomic E-state index is -5.04. The summed E-state index contributed by atoms with van der Waals surface area (Å²) in [5.41, 5.74) is -1.33. The van der Waals surface area contributed by atoms with Crippen LogP contribution in [-0.4, -0.2) is 9.97 Å². The molecule has 1 aliphatic rings. The Kier molecular flexibility index (Phi) is 2.76. The Morgan fingerprint density at radius 1 is 0.857 bits per heavy atom. The average molecular weight is 304 g/mol. The second kappa shape index (κ2) is 4.19. The third kappa shape index (κ3) is 2.24. The molecule has 1 aliphatic carbocycles. The highest BCUT2D eigenvalue weighted by Gasteiger charge is 2.44. The van der Waals surface area contributed by atoms with Crippen LogP contribution < -0.4 is 0 Å². The number of halogens is 6. The highest BCUT2D eigenvalue weighted by molar-refractivity contribution is 5.74. The van der Waals surface area contributed by atoms with Gasteiger partial charge in [0.05, 0.1) is 5.69 Å². The molecule has 1 aromatic carbocycles. The number of hydrogen-bond acceptors (Lipinski definition) is 2. The molecule has 1 aromatic heterocycles. The van der Waals surface area contributed by atoms with Gasteiger partial charge < -0.3 is 0 Å². The van der Waals surface area contributed by atoms with Crippen LogP contribution in [0.4, 0.5) is 26.3 Å². The maximum absolute atomic E-state index is 13.0. The SMILES string of the molecule is FC(F)(F)c1nc2c(c(C(F)(F)F)n1)Cc1ccccc1-2. The molecule has 0 aliphatic heterocycles. The van der Waals surface area contributed by atoms with E-state index in [0.29, 0.717) is 5.56 Å². The number of fused-ring (bicyclic) bond motifs is 3. The minimum Gasteiger partial charge on any atom is -0.224 e. The maximum Gasteiger partial charge on any atom is 0.451 e. The lowest BCUT2D eigenvalue weighted by molar-refractivity contribution is -0.152. The molecule has 8 heteroatoms. The molecule has 0 bridgehead atoms. The predicted octanol–water partition coefficient (Wildman–Crippen LogP) is 4.09. The fraction of sp³-hybridized carbons (Fsp3) is 0.231. The summed E-state index contributed by atoms with van der Waals surface area (Å²) in [4.78, 5) is 6.01. The van der Waals surface area contributed by atoms with Gasteiger partial charge in [-0.1, -0.05) is 24.3 Å². The summed E-state index contributed by atoms with van der Waals surface area (Å²) in [6.07, 6.45) is -10.1. The number of benzene rings is 1. The molecule has 0 unspecified atom stereocenters. The Hall–Kier alpha value is -2.12. The second-order valence-electron chi connectivity index (χ2n) is 4.55. The number of hydrogen-bond donors (Lipinski definition) is 0. The van der Waals surface area contributed by atoms with Crippen molar-refractivity contribution >= 4 is 0 Å². The Labute approximate surface area is 114 Å². The van der Waals surface area contributed by atoms with Crippen molar-refractivity contribution in [1.82, 2.24) is 9.97 Å². The molecule has 0 radical (unpaired) electrons. The molecule has 1 heterocycles. The fourth-order valence-corrected chi connectivity index (χ4v) is 2.33. The number of alkyl halides is 6. The van der Waals surface area contributed by atoms with Gasteiger partial charge in [0.25, 0.3) is 0 Å². The van der Waals surface area contributed by atoms with Gasteiger partial charge in [0.1, 0.15) is 0 Å². The van der Waals surface area contributed by atoms with Crippen LogP contribution in [-0.2, 0) is 18.8 Å². The Bertz CT molecular complexity index is 718. The van der Waals surface area contributed by atoms with Gasteiger partial charge in [-0.3, -0.25) is 0 Å². The lowest BCUT2D eigenvalue weighted by Gasteiger charge is -2.14. The summed E-state index contributed by atoms with van der Waals surface area (Å²) in [5.74, 6) is -1.77. The van der Waals surface area contributed by atoms with Gasteiger partial charge in [-0.15, -0.1) is 0 Å². The van der Waals surface area contributed by atoms with Crippen LogP contribution in [0, 0.1) is 0 Å². The van der Waals surface area contributed by atoms with Crippen molar-refractivity contribution in [1.29, 1.82) is 0 Å². The van der Waals surface area contributed by atoms with Crippen LogP contribution >= 0.6 is 0 Å².